The lowest BCUT2D eigenvalue weighted by molar-refractivity contribution is 0.249. The van der Waals surface area contributed by atoms with Gasteiger partial charge in [-0.3, -0.25) is 15.8 Å². The van der Waals surface area contributed by atoms with Gasteiger partial charge in [0.1, 0.15) is 0 Å². The number of halogens is 1. The smallest absolute Gasteiger partial charge is 0.297 e. The predicted molar refractivity (Wildman–Crippen MR) is 85.9 cm³/mol. The van der Waals surface area contributed by atoms with Crippen LogP contribution in [-0.2, 0) is 0 Å². The third-order valence-corrected chi connectivity index (χ3v) is 3.56. The van der Waals surface area contributed by atoms with E-state index in [4.69, 9.17) is 0 Å². The molecule has 0 bridgehead atoms. The summed E-state index contributed by atoms with van der Waals surface area (Å²) in [7, 11) is 1.73. The molecule has 2 amide bonds. The highest BCUT2D eigenvalue weighted by atomic mass is 79.9. The molecule has 2 N–H and O–H groups in total. The minimum Gasteiger partial charge on any atom is -0.297 e. The molecular formula is C15H16BrN3O. The third kappa shape index (κ3) is 3.30. The van der Waals surface area contributed by atoms with E-state index in [1.54, 1.807) is 11.9 Å². The van der Waals surface area contributed by atoms with E-state index in [0.29, 0.717) is 0 Å². The Labute approximate surface area is 126 Å². The molecule has 0 aliphatic rings. The molecule has 0 aliphatic heterocycles. The van der Waals surface area contributed by atoms with Gasteiger partial charge in [0.25, 0.3) is 0 Å². The van der Waals surface area contributed by atoms with Crippen molar-refractivity contribution in [3.63, 3.8) is 0 Å². The van der Waals surface area contributed by atoms with E-state index in [2.05, 4.69) is 26.8 Å². The van der Waals surface area contributed by atoms with Crippen molar-refractivity contribution in [3.05, 3.63) is 58.6 Å². The number of nitrogens with one attached hydrogen (secondary N) is 2. The highest BCUT2D eigenvalue weighted by Crippen LogP contribution is 2.28. The van der Waals surface area contributed by atoms with Crippen molar-refractivity contribution < 1.29 is 4.79 Å². The number of carbonyl (C=O) groups excluding carboxylic acids is 1. The third-order valence-electron chi connectivity index (χ3n) is 2.92. The molecule has 0 spiro atoms. The second-order valence-electron chi connectivity index (χ2n) is 4.39. The summed E-state index contributed by atoms with van der Waals surface area (Å²) in [6.07, 6.45) is 0. The van der Waals surface area contributed by atoms with Crippen LogP contribution in [-0.4, -0.2) is 13.1 Å². The number of rotatable bonds is 3. The molecule has 2 aromatic rings. The first-order chi connectivity index (χ1) is 9.59. The van der Waals surface area contributed by atoms with Gasteiger partial charge in [0.15, 0.2) is 0 Å². The number of aryl methyl sites for hydroxylation is 1. The second-order valence-corrected chi connectivity index (χ2v) is 5.24. The number of urea groups is 1. The highest BCUT2D eigenvalue weighted by molar-refractivity contribution is 9.10. The summed E-state index contributed by atoms with van der Waals surface area (Å²) in [6, 6.07) is 15.1. The molecule has 2 rings (SSSR count). The summed E-state index contributed by atoms with van der Waals surface area (Å²) in [4.78, 5) is 13.7. The Balaban J connectivity index is 2.06. The molecule has 0 aromatic heterocycles. The first-order valence-electron chi connectivity index (χ1n) is 6.19. The first kappa shape index (κ1) is 14.4. The Morgan fingerprint density at radius 2 is 1.80 bits per heavy atom. The molecule has 0 fully saturated rings. The maximum Gasteiger partial charge on any atom is 0.340 e. The number of anilines is 2. The van der Waals surface area contributed by atoms with Crippen molar-refractivity contribution in [2.24, 2.45) is 0 Å². The van der Waals surface area contributed by atoms with Gasteiger partial charge in [-0.15, -0.1) is 0 Å². The van der Waals surface area contributed by atoms with E-state index in [1.165, 1.54) is 0 Å². The Kier molecular flexibility index (Phi) is 4.63. The highest BCUT2D eigenvalue weighted by Gasteiger charge is 2.15. The van der Waals surface area contributed by atoms with Crippen molar-refractivity contribution in [2.75, 3.05) is 17.4 Å². The molecule has 0 saturated heterocycles. The van der Waals surface area contributed by atoms with Crippen LogP contribution in [0, 0.1) is 6.92 Å². The predicted octanol–water partition coefficient (Wildman–Crippen LogP) is 3.93. The van der Waals surface area contributed by atoms with Crippen molar-refractivity contribution in [3.8, 4) is 0 Å². The number of nitrogens with zero attached hydrogens (tertiary/aromatic N) is 1. The van der Waals surface area contributed by atoms with Crippen LogP contribution >= 0.6 is 15.9 Å². The van der Waals surface area contributed by atoms with Gasteiger partial charge in [-0.1, -0.05) is 30.3 Å². The lowest BCUT2D eigenvalue weighted by Gasteiger charge is -2.22. The number of hydrazine groups is 1. The summed E-state index contributed by atoms with van der Waals surface area (Å²) in [5.41, 5.74) is 8.25. The summed E-state index contributed by atoms with van der Waals surface area (Å²) in [6.45, 7) is 1.97. The van der Waals surface area contributed by atoms with Gasteiger partial charge in [0.2, 0.25) is 0 Å². The van der Waals surface area contributed by atoms with Crippen LogP contribution in [0.3, 0.4) is 0 Å². The quantitative estimate of drug-likeness (QED) is 0.836. The van der Waals surface area contributed by atoms with Crippen molar-refractivity contribution in [1.82, 2.24) is 5.43 Å². The molecular weight excluding hydrogens is 318 g/mol. The summed E-state index contributed by atoms with van der Waals surface area (Å²) in [5, 5.41) is 0. The van der Waals surface area contributed by atoms with E-state index in [0.717, 1.165) is 21.4 Å². The van der Waals surface area contributed by atoms with Crippen LogP contribution in [0.5, 0.6) is 0 Å². The Morgan fingerprint density at radius 3 is 2.45 bits per heavy atom. The summed E-state index contributed by atoms with van der Waals surface area (Å²) >= 11 is 3.47. The van der Waals surface area contributed by atoms with E-state index in [-0.39, 0.29) is 6.03 Å². The second kappa shape index (κ2) is 6.43. The molecule has 0 atom stereocenters. The van der Waals surface area contributed by atoms with Crippen LogP contribution in [0.15, 0.2) is 53.0 Å². The molecule has 0 aliphatic carbocycles. The fourth-order valence-electron chi connectivity index (χ4n) is 1.88. The summed E-state index contributed by atoms with van der Waals surface area (Å²) < 4.78 is 0.884. The molecule has 0 radical (unpaired) electrons. The van der Waals surface area contributed by atoms with Gasteiger partial charge in [0.05, 0.1) is 11.4 Å². The standard InChI is InChI=1S/C15H16BrN3O/c1-11-7-6-10-13(16)14(11)19(2)15(20)18-17-12-8-4-3-5-9-12/h3-10,17H,1-2H3,(H,18,20). The number of carbonyl (C=O) groups is 1. The van der Waals surface area contributed by atoms with Gasteiger partial charge >= 0.3 is 6.03 Å². The van der Waals surface area contributed by atoms with Crippen LogP contribution in [0.4, 0.5) is 16.2 Å². The number of hydrogen-bond acceptors (Lipinski definition) is 2. The monoisotopic (exact) mass is 333 g/mol. The van der Waals surface area contributed by atoms with Crippen LogP contribution in [0.25, 0.3) is 0 Å². The van der Waals surface area contributed by atoms with Crippen molar-refractivity contribution in [1.29, 1.82) is 0 Å². The normalized spacial score (nSPS) is 9.95. The van der Waals surface area contributed by atoms with Gasteiger partial charge in [0, 0.05) is 11.5 Å². The Hall–Kier alpha value is -2.01. The van der Waals surface area contributed by atoms with Crippen molar-refractivity contribution >= 4 is 33.3 Å². The first-order valence-corrected chi connectivity index (χ1v) is 6.99. The molecule has 0 heterocycles. The maximum atomic E-state index is 12.2. The largest absolute Gasteiger partial charge is 0.340 e. The van der Waals surface area contributed by atoms with Crippen LogP contribution < -0.4 is 15.8 Å². The number of benzene rings is 2. The van der Waals surface area contributed by atoms with E-state index < -0.39 is 0 Å². The average molecular weight is 334 g/mol. The van der Waals surface area contributed by atoms with E-state index in [1.807, 2.05) is 55.5 Å². The lowest BCUT2D eigenvalue weighted by atomic mass is 10.2. The van der Waals surface area contributed by atoms with Gasteiger partial charge in [-0.25, -0.2) is 4.79 Å². The molecule has 104 valence electrons. The Bertz CT molecular complexity index is 581. The zero-order valence-corrected chi connectivity index (χ0v) is 12.9. The fourth-order valence-corrected chi connectivity index (χ4v) is 2.61. The van der Waals surface area contributed by atoms with E-state index in [9.17, 15) is 4.79 Å². The topological polar surface area (TPSA) is 44.4 Å². The van der Waals surface area contributed by atoms with Crippen LogP contribution in [0.1, 0.15) is 5.56 Å². The summed E-state index contributed by atoms with van der Waals surface area (Å²) in [5.74, 6) is 0. The SMILES string of the molecule is Cc1cccc(Br)c1N(C)C(=O)NNc1ccccc1. The Morgan fingerprint density at radius 1 is 1.10 bits per heavy atom. The average Bonchev–Trinajstić information content (AvgIpc) is 2.45. The molecule has 5 heteroatoms. The van der Waals surface area contributed by atoms with Gasteiger partial charge in [-0.05, 0) is 46.6 Å². The zero-order chi connectivity index (χ0) is 14.5. The van der Waals surface area contributed by atoms with Crippen LogP contribution in [0.2, 0.25) is 0 Å². The van der Waals surface area contributed by atoms with Crippen molar-refractivity contribution in [2.45, 2.75) is 6.92 Å². The zero-order valence-electron chi connectivity index (χ0n) is 11.4. The fraction of sp³-hybridized carbons (Fsp3) is 0.133. The van der Waals surface area contributed by atoms with Gasteiger partial charge in [-0.2, -0.15) is 0 Å². The molecule has 20 heavy (non-hydrogen) atoms. The maximum absolute atomic E-state index is 12.2. The molecule has 2 aromatic carbocycles. The molecule has 0 unspecified atom stereocenters. The molecule has 0 saturated carbocycles. The van der Waals surface area contributed by atoms with Gasteiger partial charge < -0.3 is 0 Å². The number of hydrogen-bond donors (Lipinski definition) is 2. The minimum atomic E-state index is -0.233. The number of para-hydroxylation sites is 2. The molecule has 4 nitrogen and oxygen atoms in total. The number of amides is 2. The lowest BCUT2D eigenvalue weighted by Crippen LogP contribution is -2.40. The van der Waals surface area contributed by atoms with E-state index >= 15 is 0 Å². The minimum absolute atomic E-state index is 0.233.